The number of pyridine rings is 1. The van der Waals surface area contributed by atoms with Crippen LogP contribution in [0.1, 0.15) is 17.3 Å². The Morgan fingerprint density at radius 2 is 2.36 bits per heavy atom. The first-order valence-corrected chi connectivity index (χ1v) is 4.09. The van der Waals surface area contributed by atoms with Crippen molar-refractivity contribution in [1.82, 2.24) is 4.98 Å². The molecule has 0 aliphatic heterocycles. The summed E-state index contributed by atoms with van der Waals surface area (Å²) in [5.41, 5.74) is 0.0630. The van der Waals surface area contributed by atoms with Crippen molar-refractivity contribution in [3.63, 3.8) is 0 Å². The van der Waals surface area contributed by atoms with Gasteiger partial charge in [-0.2, -0.15) is 0 Å². The van der Waals surface area contributed by atoms with Crippen molar-refractivity contribution in [2.24, 2.45) is 0 Å². The maximum atomic E-state index is 10.5. The van der Waals surface area contributed by atoms with E-state index in [1.54, 1.807) is 6.92 Å². The van der Waals surface area contributed by atoms with E-state index >= 15 is 0 Å². The average molecular weight is 197 g/mol. The number of hydrogen-bond donors (Lipinski definition) is 2. The number of hydrogen-bond acceptors (Lipinski definition) is 4. The van der Waals surface area contributed by atoms with E-state index in [4.69, 9.17) is 14.9 Å². The molecule has 0 aliphatic rings. The Balaban J connectivity index is 2.69. The molecule has 5 nitrogen and oxygen atoms in total. The van der Waals surface area contributed by atoms with Crippen molar-refractivity contribution in [3.8, 4) is 5.75 Å². The summed E-state index contributed by atoms with van der Waals surface area (Å²) in [7, 11) is 0. The molecule has 2 N–H and O–H groups in total. The molecule has 0 saturated heterocycles. The van der Waals surface area contributed by atoms with Gasteiger partial charge >= 0.3 is 5.97 Å². The van der Waals surface area contributed by atoms with E-state index in [0.29, 0.717) is 5.75 Å². The summed E-state index contributed by atoms with van der Waals surface area (Å²) in [5.74, 6) is -0.717. The molecular formula is C9H11NO4. The van der Waals surface area contributed by atoms with Gasteiger partial charge in [-0.15, -0.1) is 0 Å². The Bertz CT molecular complexity index is 324. The summed E-state index contributed by atoms with van der Waals surface area (Å²) in [6.45, 7) is 1.69. The number of ether oxygens (including phenoxy) is 1. The third-order valence-corrected chi connectivity index (χ3v) is 1.45. The number of aromatic nitrogens is 1. The van der Waals surface area contributed by atoms with Crippen LogP contribution < -0.4 is 4.74 Å². The third-order valence-electron chi connectivity index (χ3n) is 1.45. The lowest BCUT2D eigenvalue weighted by atomic mass is 10.3. The first-order chi connectivity index (χ1) is 6.59. The van der Waals surface area contributed by atoms with Gasteiger partial charge in [0.1, 0.15) is 12.4 Å². The van der Waals surface area contributed by atoms with E-state index < -0.39 is 12.1 Å². The van der Waals surface area contributed by atoms with Crippen LogP contribution in [0.3, 0.4) is 0 Å². The molecule has 5 heteroatoms. The lowest BCUT2D eigenvalue weighted by Gasteiger charge is -2.07. The second-order valence-electron chi connectivity index (χ2n) is 2.87. The molecule has 0 aromatic carbocycles. The minimum atomic E-state index is -1.06. The number of aliphatic hydroxyl groups is 1. The van der Waals surface area contributed by atoms with Gasteiger partial charge in [0.05, 0.1) is 17.9 Å². The Morgan fingerprint density at radius 1 is 1.64 bits per heavy atom. The molecule has 1 aromatic heterocycles. The maximum Gasteiger partial charge on any atom is 0.337 e. The van der Waals surface area contributed by atoms with Gasteiger partial charge in [-0.05, 0) is 13.0 Å². The fraction of sp³-hybridized carbons (Fsp3) is 0.333. The zero-order valence-electron chi connectivity index (χ0n) is 7.67. The van der Waals surface area contributed by atoms with Crippen LogP contribution in [0.25, 0.3) is 0 Å². The maximum absolute atomic E-state index is 10.5. The number of nitrogens with zero attached hydrogens (tertiary/aromatic N) is 1. The monoisotopic (exact) mass is 197 g/mol. The number of aliphatic hydroxyl groups excluding tert-OH is 1. The van der Waals surface area contributed by atoms with Crippen molar-refractivity contribution < 1.29 is 19.7 Å². The van der Waals surface area contributed by atoms with E-state index in [1.807, 2.05) is 0 Å². The molecule has 0 bridgehead atoms. The van der Waals surface area contributed by atoms with Gasteiger partial charge in [-0.25, -0.2) is 4.79 Å². The largest absolute Gasteiger partial charge is 0.489 e. The first-order valence-electron chi connectivity index (χ1n) is 4.09. The molecule has 1 unspecified atom stereocenters. The van der Waals surface area contributed by atoms with Gasteiger partial charge < -0.3 is 14.9 Å². The minimum Gasteiger partial charge on any atom is -0.489 e. The lowest BCUT2D eigenvalue weighted by molar-refractivity contribution is 0.0695. The molecule has 14 heavy (non-hydrogen) atoms. The van der Waals surface area contributed by atoms with Crippen LogP contribution in [-0.4, -0.2) is 33.9 Å². The van der Waals surface area contributed by atoms with E-state index in [-0.39, 0.29) is 12.2 Å². The van der Waals surface area contributed by atoms with Crippen LogP contribution in [0, 0.1) is 0 Å². The predicted molar refractivity (Wildman–Crippen MR) is 48.4 cm³/mol. The third kappa shape index (κ3) is 3.02. The SMILES string of the molecule is CC(O)COc1cncc(C(=O)O)c1. The smallest absolute Gasteiger partial charge is 0.337 e. The normalized spacial score (nSPS) is 12.1. The zero-order chi connectivity index (χ0) is 10.6. The molecule has 0 aliphatic carbocycles. The summed E-state index contributed by atoms with van der Waals surface area (Å²) in [6.07, 6.45) is 2.04. The molecule has 0 radical (unpaired) electrons. The average Bonchev–Trinajstić information content (AvgIpc) is 2.15. The Kier molecular flexibility index (Phi) is 3.41. The van der Waals surface area contributed by atoms with Crippen LogP contribution in [0.5, 0.6) is 5.75 Å². The Hall–Kier alpha value is -1.62. The fourth-order valence-electron chi connectivity index (χ4n) is 0.832. The van der Waals surface area contributed by atoms with Gasteiger partial charge in [0.2, 0.25) is 0 Å². The predicted octanol–water partition coefficient (Wildman–Crippen LogP) is 0.539. The molecule has 0 amide bonds. The summed E-state index contributed by atoms with van der Waals surface area (Å²) in [5, 5.41) is 17.6. The highest BCUT2D eigenvalue weighted by Gasteiger charge is 2.05. The highest BCUT2D eigenvalue weighted by molar-refractivity contribution is 5.87. The standard InChI is InChI=1S/C9H11NO4/c1-6(11)5-14-8-2-7(9(12)13)3-10-4-8/h2-4,6,11H,5H2,1H3,(H,12,13). The highest BCUT2D eigenvalue weighted by atomic mass is 16.5. The number of rotatable bonds is 4. The highest BCUT2D eigenvalue weighted by Crippen LogP contribution is 2.11. The summed E-state index contributed by atoms with van der Waals surface area (Å²) >= 11 is 0. The molecular weight excluding hydrogens is 186 g/mol. The zero-order valence-corrected chi connectivity index (χ0v) is 7.67. The molecule has 1 aromatic rings. The summed E-state index contributed by atoms with van der Waals surface area (Å²) in [4.78, 5) is 14.2. The first kappa shape index (κ1) is 10.5. The molecule has 0 saturated carbocycles. The van der Waals surface area contributed by atoms with Crippen molar-refractivity contribution in [1.29, 1.82) is 0 Å². The second kappa shape index (κ2) is 4.57. The lowest BCUT2D eigenvalue weighted by Crippen LogP contribution is -2.13. The van der Waals surface area contributed by atoms with Crippen LogP contribution in [0.15, 0.2) is 18.5 Å². The molecule has 1 rings (SSSR count). The van der Waals surface area contributed by atoms with Crippen molar-refractivity contribution in [2.45, 2.75) is 13.0 Å². The number of aromatic carboxylic acids is 1. The van der Waals surface area contributed by atoms with Crippen molar-refractivity contribution in [2.75, 3.05) is 6.61 Å². The molecule has 0 spiro atoms. The van der Waals surface area contributed by atoms with Crippen molar-refractivity contribution in [3.05, 3.63) is 24.0 Å². The molecule has 1 heterocycles. The Morgan fingerprint density at radius 3 is 2.93 bits per heavy atom. The van der Waals surface area contributed by atoms with E-state index in [1.165, 1.54) is 18.5 Å². The fourth-order valence-corrected chi connectivity index (χ4v) is 0.832. The van der Waals surface area contributed by atoms with Crippen molar-refractivity contribution >= 4 is 5.97 Å². The quantitative estimate of drug-likeness (QED) is 0.736. The topological polar surface area (TPSA) is 79.7 Å². The van der Waals surface area contributed by atoms with Gasteiger partial charge in [-0.1, -0.05) is 0 Å². The van der Waals surface area contributed by atoms with E-state index in [2.05, 4.69) is 4.98 Å². The van der Waals surface area contributed by atoms with E-state index in [0.717, 1.165) is 0 Å². The molecule has 76 valence electrons. The number of carboxylic acids is 1. The van der Waals surface area contributed by atoms with Gasteiger partial charge in [0, 0.05) is 6.20 Å². The van der Waals surface area contributed by atoms with Crippen LogP contribution in [-0.2, 0) is 0 Å². The molecule has 1 atom stereocenters. The number of carboxylic acid groups (broad SMARTS) is 1. The van der Waals surface area contributed by atoms with Gasteiger partial charge in [-0.3, -0.25) is 4.98 Å². The van der Waals surface area contributed by atoms with Crippen LogP contribution in [0.4, 0.5) is 0 Å². The van der Waals surface area contributed by atoms with Crippen LogP contribution >= 0.6 is 0 Å². The summed E-state index contributed by atoms with van der Waals surface area (Å²) in [6, 6.07) is 1.36. The Labute approximate surface area is 81.0 Å². The van der Waals surface area contributed by atoms with E-state index in [9.17, 15) is 4.79 Å². The van der Waals surface area contributed by atoms with Crippen LogP contribution in [0.2, 0.25) is 0 Å². The van der Waals surface area contributed by atoms with Gasteiger partial charge in [0.15, 0.2) is 0 Å². The second-order valence-corrected chi connectivity index (χ2v) is 2.87. The molecule has 0 fully saturated rings. The minimum absolute atomic E-state index is 0.0630. The summed E-state index contributed by atoms with van der Waals surface area (Å²) < 4.78 is 5.08. The number of carbonyl (C=O) groups is 1. The van der Waals surface area contributed by atoms with Gasteiger partial charge in [0.25, 0.3) is 0 Å².